The molecule has 1 aliphatic rings. The van der Waals surface area contributed by atoms with Crippen LogP contribution in [0.15, 0.2) is 24.3 Å². The number of amides is 3. The Morgan fingerprint density at radius 2 is 1.52 bits per heavy atom. The lowest BCUT2D eigenvalue weighted by atomic mass is 10.2. The van der Waals surface area contributed by atoms with Crippen molar-refractivity contribution in [1.82, 2.24) is 4.90 Å². The highest BCUT2D eigenvalue weighted by Gasteiger charge is 2.26. The molecule has 0 unspecified atom stereocenters. The molecule has 1 aromatic rings. The van der Waals surface area contributed by atoms with E-state index < -0.39 is 0 Å². The highest BCUT2D eigenvalue weighted by atomic mass is 16.2. The van der Waals surface area contributed by atoms with E-state index >= 15 is 0 Å². The number of benzene rings is 1. The van der Waals surface area contributed by atoms with Crippen LogP contribution < -0.4 is 10.6 Å². The second-order valence-corrected chi connectivity index (χ2v) is 5.89. The number of carbonyl (C=O) groups is 3. The zero-order valence-corrected chi connectivity index (χ0v) is 13.6. The van der Waals surface area contributed by atoms with E-state index in [0.717, 1.165) is 25.7 Å². The topological polar surface area (TPSA) is 78.5 Å². The number of rotatable bonds is 5. The molecule has 6 heteroatoms. The molecule has 0 radical (unpaired) electrons. The van der Waals surface area contributed by atoms with E-state index in [0.29, 0.717) is 11.4 Å². The van der Waals surface area contributed by atoms with E-state index in [1.54, 1.807) is 29.2 Å². The van der Waals surface area contributed by atoms with Gasteiger partial charge in [-0.2, -0.15) is 0 Å². The molecule has 1 aromatic carbocycles. The van der Waals surface area contributed by atoms with Crippen LogP contribution in [0.2, 0.25) is 0 Å². The van der Waals surface area contributed by atoms with Crippen molar-refractivity contribution in [3.05, 3.63) is 24.3 Å². The molecule has 0 aromatic heterocycles. The number of nitrogens with one attached hydrogen (secondary N) is 2. The van der Waals surface area contributed by atoms with Gasteiger partial charge in [-0.1, -0.05) is 12.8 Å². The van der Waals surface area contributed by atoms with Crippen LogP contribution >= 0.6 is 0 Å². The van der Waals surface area contributed by atoms with Gasteiger partial charge in [-0.25, -0.2) is 0 Å². The molecular weight excluding hydrogens is 294 g/mol. The van der Waals surface area contributed by atoms with Gasteiger partial charge in [0.05, 0.1) is 0 Å². The smallest absolute Gasteiger partial charge is 0.244 e. The van der Waals surface area contributed by atoms with Crippen LogP contribution in [-0.4, -0.2) is 35.2 Å². The Bertz CT molecular complexity index is 577. The van der Waals surface area contributed by atoms with Gasteiger partial charge in [-0.3, -0.25) is 14.4 Å². The van der Waals surface area contributed by atoms with Crippen molar-refractivity contribution in [2.45, 2.75) is 45.6 Å². The summed E-state index contributed by atoms with van der Waals surface area (Å²) in [5.74, 6) is -0.414. The fraction of sp³-hybridized carbons (Fsp3) is 0.471. The molecular formula is C17H23N3O3. The summed E-state index contributed by atoms with van der Waals surface area (Å²) in [6.07, 6.45) is 4.16. The lowest BCUT2D eigenvalue weighted by molar-refractivity contribution is -0.135. The molecule has 23 heavy (non-hydrogen) atoms. The normalized spacial score (nSPS) is 14.3. The molecule has 1 saturated carbocycles. The molecule has 0 spiro atoms. The summed E-state index contributed by atoms with van der Waals surface area (Å²) in [7, 11) is 0. The Hall–Kier alpha value is -2.37. The molecule has 2 N–H and O–H groups in total. The molecule has 0 heterocycles. The van der Waals surface area contributed by atoms with Crippen molar-refractivity contribution in [3.63, 3.8) is 0 Å². The van der Waals surface area contributed by atoms with Crippen molar-refractivity contribution in [2.75, 3.05) is 17.2 Å². The summed E-state index contributed by atoms with van der Waals surface area (Å²) in [4.78, 5) is 36.6. The van der Waals surface area contributed by atoms with Gasteiger partial charge in [0, 0.05) is 31.3 Å². The van der Waals surface area contributed by atoms with Crippen molar-refractivity contribution in [3.8, 4) is 0 Å². The average Bonchev–Trinajstić information content (AvgIpc) is 3.00. The number of anilines is 2. The Balaban J connectivity index is 1.92. The van der Waals surface area contributed by atoms with E-state index in [1.807, 2.05) is 0 Å². The minimum Gasteiger partial charge on any atom is -0.331 e. The molecule has 0 aliphatic heterocycles. The summed E-state index contributed by atoms with van der Waals surface area (Å²) >= 11 is 0. The first kappa shape index (κ1) is 17.0. The van der Waals surface area contributed by atoms with Gasteiger partial charge >= 0.3 is 0 Å². The molecule has 2 rings (SSSR count). The molecule has 0 saturated heterocycles. The Morgan fingerprint density at radius 3 is 2.00 bits per heavy atom. The second-order valence-electron chi connectivity index (χ2n) is 5.89. The van der Waals surface area contributed by atoms with Gasteiger partial charge in [-0.15, -0.1) is 0 Å². The van der Waals surface area contributed by atoms with Gasteiger partial charge in [0.25, 0.3) is 0 Å². The quantitative estimate of drug-likeness (QED) is 0.875. The standard InChI is InChI=1S/C17H23N3O3/c1-12(21)18-14-7-9-15(10-8-14)19-17(23)11-20(13(2)22)16-5-3-4-6-16/h7-10,16H,3-6,11H2,1-2H3,(H,18,21)(H,19,23). The minimum atomic E-state index is -0.209. The lowest BCUT2D eigenvalue weighted by Crippen LogP contribution is -2.42. The maximum atomic E-state index is 12.2. The highest BCUT2D eigenvalue weighted by Crippen LogP contribution is 2.23. The molecule has 6 nitrogen and oxygen atoms in total. The van der Waals surface area contributed by atoms with Crippen molar-refractivity contribution in [1.29, 1.82) is 0 Å². The number of hydrogen-bond donors (Lipinski definition) is 2. The molecule has 1 fully saturated rings. The van der Waals surface area contributed by atoms with Crippen LogP contribution in [0.4, 0.5) is 11.4 Å². The fourth-order valence-corrected chi connectivity index (χ4v) is 2.91. The predicted octanol–water partition coefficient (Wildman–Crippen LogP) is 2.37. The third-order valence-electron chi connectivity index (χ3n) is 3.97. The number of carbonyl (C=O) groups excluding carboxylic acids is 3. The van der Waals surface area contributed by atoms with Crippen molar-refractivity contribution < 1.29 is 14.4 Å². The third-order valence-corrected chi connectivity index (χ3v) is 3.97. The van der Waals surface area contributed by atoms with Crippen LogP contribution in [0, 0.1) is 0 Å². The zero-order valence-electron chi connectivity index (χ0n) is 13.6. The van der Waals surface area contributed by atoms with Gasteiger partial charge < -0.3 is 15.5 Å². The SMILES string of the molecule is CC(=O)Nc1ccc(NC(=O)CN(C(C)=O)C2CCCC2)cc1. The predicted molar refractivity (Wildman–Crippen MR) is 89.0 cm³/mol. The maximum Gasteiger partial charge on any atom is 0.244 e. The summed E-state index contributed by atoms with van der Waals surface area (Å²) in [6, 6.07) is 7.06. The molecule has 0 bridgehead atoms. The number of nitrogens with zero attached hydrogens (tertiary/aromatic N) is 1. The molecule has 3 amide bonds. The Kier molecular flexibility index (Phi) is 5.73. The van der Waals surface area contributed by atoms with Gasteiger partial charge in [0.15, 0.2) is 0 Å². The van der Waals surface area contributed by atoms with Crippen LogP contribution in [0.25, 0.3) is 0 Å². The summed E-state index contributed by atoms with van der Waals surface area (Å²) in [6.45, 7) is 3.02. The third kappa shape index (κ3) is 5.09. The van der Waals surface area contributed by atoms with Crippen LogP contribution in [0.3, 0.4) is 0 Å². The Morgan fingerprint density at radius 1 is 1.00 bits per heavy atom. The molecule has 0 atom stereocenters. The van der Waals surface area contributed by atoms with Gasteiger partial charge in [-0.05, 0) is 37.1 Å². The van der Waals surface area contributed by atoms with E-state index in [4.69, 9.17) is 0 Å². The first-order valence-electron chi connectivity index (χ1n) is 7.90. The minimum absolute atomic E-state index is 0.0620. The average molecular weight is 317 g/mol. The molecule has 1 aliphatic carbocycles. The van der Waals surface area contributed by atoms with Crippen LogP contribution in [0.5, 0.6) is 0 Å². The largest absolute Gasteiger partial charge is 0.331 e. The highest BCUT2D eigenvalue weighted by molar-refractivity contribution is 5.95. The lowest BCUT2D eigenvalue weighted by Gasteiger charge is -2.27. The van der Waals surface area contributed by atoms with Crippen molar-refractivity contribution in [2.24, 2.45) is 0 Å². The van der Waals surface area contributed by atoms with E-state index in [2.05, 4.69) is 10.6 Å². The van der Waals surface area contributed by atoms with E-state index in [-0.39, 0.29) is 30.3 Å². The second kappa shape index (κ2) is 7.76. The first-order chi connectivity index (χ1) is 11.0. The Labute approximate surface area is 136 Å². The summed E-state index contributed by atoms with van der Waals surface area (Å²) in [5, 5.41) is 5.45. The summed E-state index contributed by atoms with van der Waals surface area (Å²) in [5.41, 5.74) is 1.31. The maximum absolute atomic E-state index is 12.2. The van der Waals surface area contributed by atoms with Gasteiger partial charge in [0.1, 0.15) is 6.54 Å². The van der Waals surface area contributed by atoms with Crippen LogP contribution in [0.1, 0.15) is 39.5 Å². The van der Waals surface area contributed by atoms with Gasteiger partial charge in [0.2, 0.25) is 17.7 Å². The number of hydrogen-bond acceptors (Lipinski definition) is 3. The first-order valence-corrected chi connectivity index (χ1v) is 7.90. The summed E-state index contributed by atoms with van der Waals surface area (Å²) < 4.78 is 0. The van der Waals surface area contributed by atoms with Crippen molar-refractivity contribution >= 4 is 29.1 Å². The molecule has 124 valence electrons. The zero-order chi connectivity index (χ0) is 16.8. The fourth-order valence-electron chi connectivity index (χ4n) is 2.91. The van der Waals surface area contributed by atoms with E-state index in [9.17, 15) is 14.4 Å². The monoisotopic (exact) mass is 317 g/mol. The van der Waals surface area contributed by atoms with E-state index in [1.165, 1.54) is 13.8 Å². The van der Waals surface area contributed by atoms with Crippen LogP contribution in [-0.2, 0) is 14.4 Å².